The van der Waals surface area contributed by atoms with Crippen LogP contribution in [0.4, 0.5) is 0 Å². The molecule has 0 saturated carbocycles. The van der Waals surface area contributed by atoms with E-state index in [1.54, 1.807) is 6.07 Å². The summed E-state index contributed by atoms with van der Waals surface area (Å²) < 4.78 is 6.42. The molecule has 0 unspecified atom stereocenters. The molecule has 8 heteroatoms. The minimum atomic E-state index is -1.17. The van der Waals surface area contributed by atoms with E-state index in [0.717, 1.165) is 0 Å². The van der Waals surface area contributed by atoms with Crippen molar-refractivity contribution in [1.29, 1.82) is 0 Å². The van der Waals surface area contributed by atoms with Crippen molar-refractivity contribution in [2.45, 2.75) is 0 Å². The van der Waals surface area contributed by atoms with Crippen LogP contribution >= 0.6 is 11.6 Å². The lowest BCUT2D eigenvalue weighted by atomic mass is 10.1. The number of hydrogen-bond acceptors (Lipinski definition) is 5. The summed E-state index contributed by atoms with van der Waals surface area (Å²) in [5.41, 5.74) is 0.658. The fourth-order valence-corrected chi connectivity index (χ4v) is 2.58. The van der Waals surface area contributed by atoms with Gasteiger partial charge in [0, 0.05) is 6.20 Å². The van der Waals surface area contributed by atoms with E-state index in [2.05, 4.69) is 5.10 Å². The molecule has 0 fully saturated rings. The number of ether oxygens (including phenoxy) is 1. The molecular weight excluding hydrogens is 360 g/mol. The van der Waals surface area contributed by atoms with Crippen LogP contribution in [0.2, 0.25) is 5.02 Å². The zero-order valence-electron chi connectivity index (χ0n) is 13.5. The van der Waals surface area contributed by atoms with Gasteiger partial charge < -0.3 is 14.9 Å². The third-order valence-electron chi connectivity index (χ3n) is 3.74. The summed E-state index contributed by atoms with van der Waals surface area (Å²) in [6.07, 6.45) is 2.77. The van der Waals surface area contributed by atoms with Gasteiger partial charge in [0.05, 0.1) is 40.7 Å². The second-order valence-electron chi connectivity index (χ2n) is 5.36. The number of ketones is 1. The predicted octanol–water partition coefficient (Wildman–Crippen LogP) is 3.17. The van der Waals surface area contributed by atoms with Gasteiger partial charge in [-0.05, 0) is 36.4 Å². The van der Waals surface area contributed by atoms with E-state index in [1.807, 2.05) is 0 Å². The molecule has 0 radical (unpaired) electrons. The summed E-state index contributed by atoms with van der Waals surface area (Å²) in [5.74, 6) is -1.35. The van der Waals surface area contributed by atoms with Crippen molar-refractivity contribution >= 4 is 23.4 Å². The fourth-order valence-electron chi connectivity index (χ4n) is 2.38. The van der Waals surface area contributed by atoms with Crippen molar-refractivity contribution in [2.24, 2.45) is 0 Å². The number of aromatic carboxylic acids is 1. The molecule has 2 N–H and O–H groups in total. The molecule has 3 rings (SSSR count). The first-order valence-corrected chi connectivity index (χ1v) is 7.78. The van der Waals surface area contributed by atoms with Crippen LogP contribution in [0.25, 0.3) is 5.69 Å². The number of halogens is 1. The molecule has 26 heavy (non-hydrogen) atoms. The SMILES string of the molecule is COc1ccc(O)c(C(=O)c2cnn(-c3ccc(Cl)c(C(=O)O)c3)c2)c1. The van der Waals surface area contributed by atoms with Gasteiger partial charge in [0.25, 0.3) is 0 Å². The van der Waals surface area contributed by atoms with Crippen LogP contribution in [-0.2, 0) is 0 Å². The number of aromatic hydroxyl groups is 1. The Bertz CT molecular complexity index is 1010. The van der Waals surface area contributed by atoms with Crippen LogP contribution in [0, 0.1) is 0 Å². The first-order valence-electron chi connectivity index (χ1n) is 7.40. The molecule has 0 aliphatic heterocycles. The minimum absolute atomic E-state index is 0.0713. The molecule has 0 aliphatic carbocycles. The maximum absolute atomic E-state index is 12.6. The van der Waals surface area contributed by atoms with Crippen molar-refractivity contribution in [1.82, 2.24) is 9.78 Å². The van der Waals surface area contributed by atoms with Crippen LogP contribution in [0.3, 0.4) is 0 Å². The van der Waals surface area contributed by atoms with E-state index >= 15 is 0 Å². The second-order valence-corrected chi connectivity index (χ2v) is 5.76. The zero-order chi connectivity index (χ0) is 18.8. The van der Waals surface area contributed by atoms with Crippen molar-refractivity contribution in [3.05, 3.63) is 70.5 Å². The minimum Gasteiger partial charge on any atom is -0.507 e. The van der Waals surface area contributed by atoms with Gasteiger partial charge in [-0.1, -0.05) is 11.6 Å². The van der Waals surface area contributed by atoms with Crippen LogP contribution in [-0.4, -0.2) is 38.9 Å². The summed E-state index contributed by atoms with van der Waals surface area (Å²) in [6, 6.07) is 8.72. The quantitative estimate of drug-likeness (QED) is 0.667. The largest absolute Gasteiger partial charge is 0.507 e. The van der Waals surface area contributed by atoms with Crippen molar-refractivity contribution in [2.75, 3.05) is 7.11 Å². The number of phenols is 1. The Morgan fingerprint density at radius 3 is 2.62 bits per heavy atom. The number of benzene rings is 2. The molecule has 0 saturated heterocycles. The molecule has 1 heterocycles. The number of carbonyl (C=O) groups is 2. The first-order chi connectivity index (χ1) is 12.4. The molecule has 0 aliphatic rings. The predicted molar refractivity (Wildman–Crippen MR) is 93.6 cm³/mol. The number of carboxylic acids is 1. The molecule has 3 aromatic rings. The van der Waals surface area contributed by atoms with E-state index in [4.69, 9.17) is 21.4 Å². The van der Waals surface area contributed by atoms with Crippen molar-refractivity contribution < 1.29 is 24.5 Å². The lowest BCUT2D eigenvalue weighted by Crippen LogP contribution is -2.02. The van der Waals surface area contributed by atoms with Crippen molar-refractivity contribution in [3.8, 4) is 17.2 Å². The lowest BCUT2D eigenvalue weighted by Gasteiger charge is -2.06. The van der Waals surface area contributed by atoms with Crippen LogP contribution in [0.15, 0.2) is 48.8 Å². The Morgan fingerprint density at radius 1 is 1.15 bits per heavy atom. The maximum atomic E-state index is 12.6. The number of aromatic nitrogens is 2. The number of phenolic OH excluding ortho intramolecular Hbond substituents is 1. The van der Waals surface area contributed by atoms with Crippen LogP contribution in [0.1, 0.15) is 26.3 Å². The normalized spacial score (nSPS) is 10.5. The smallest absolute Gasteiger partial charge is 0.337 e. The standard InChI is InChI=1S/C18H13ClN2O5/c1-26-12-3-5-16(22)14(7-12)17(23)10-8-20-21(9-10)11-2-4-15(19)13(6-11)18(24)25/h2-9,22H,1H3,(H,24,25). The Balaban J connectivity index is 1.97. The summed E-state index contributed by atoms with van der Waals surface area (Å²) in [4.78, 5) is 23.8. The van der Waals surface area contributed by atoms with E-state index in [1.165, 1.54) is 54.5 Å². The molecule has 2 aromatic carbocycles. The maximum Gasteiger partial charge on any atom is 0.337 e. The van der Waals surface area contributed by atoms with Crippen molar-refractivity contribution in [3.63, 3.8) is 0 Å². The summed E-state index contributed by atoms with van der Waals surface area (Å²) in [6.45, 7) is 0. The Labute approximate surface area is 153 Å². The summed E-state index contributed by atoms with van der Waals surface area (Å²) >= 11 is 5.86. The van der Waals surface area contributed by atoms with Gasteiger partial charge >= 0.3 is 5.97 Å². The lowest BCUT2D eigenvalue weighted by molar-refractivity contribution is 0.0696. The fraction of sp³-hybridized carbons (Fsp3) is 0.0556. The van der Waals surface area contributed by atoms with Gasteiger partial charge in [0.2, 0.25) is 0 Å². The molecule has 132 valence electrons. The van der Waals surface area contributed by atoms with E-state index in [-0.39, 0.29) is 27.5 Å². The number of methoxy groups -OCH3 is 1. The summed E-state index contributed by atoms with van der Waals surface area (Å²) in [5, 5.41) is 23.3. The highest BCUT2D eigenvalue weighted by Gasteiger charge is 2.17. The monoisotopic (exact) mass is 372 g/mol. The summed E-state index contributed by atoms with van der Waals surface area (Å²) in [7, 11) is 1.46. The molecule has 0 amide bonds. The third kappa shape index (κ3) is 3.25. The van der Waals surface area contributed by atoms with E-state index in [9.17, 15) is 14.7 Å². The highest BCUT2D eigenvalue weighted by Crippen LogP contribution is 2.26. The van der Waals surface area contributed by atoms with Crippen LogP contribution in [0.5, 0.6) is 11.5 Å². The Hall–Kier alpha value is -3.32. The molecule has 0 spiro atoms. The first kappa shape index (κ1) is 17.5. The molecule has 7 nitrogen and oxygen atoms in total. The van der Waals surface area contributed by atoms with Gasteiger partial charge in [0.1, 0.15) is 11.5 Å². The van der Waals surface area contributed by atoms with Crippen LogP contribution < -0.4 is 4.74 Å². The number of rotatable bonds is 5. The second kappa shape index (κ2) is 6.89. The molecule has 1 aromatic heterocycles. The van der Waals surface area contributed by atoms with Gasteiger partial charge in [-0.15, -0.1) is 0 Å². The third-order valence-corrected chi connectivity index (χ3v) is 4.07. The number of nitrogens with zero attached hydrogens (tertiary/aromatic N) is 2. The highest BCUT2D eigenvalue weighted by atomic mass is 35.5. The van der Waals surface area contributed by atoms with Gasteiger partial charge in [0.15, 0.2) is 5.78 Å². The highest BCUT2D eigenvalue weighted by molar-refractivity contribution is 6.33. The van der Waals surface area contributed by atoms with E-state index < -0.39 is 11.8 Å². The number of carboxylic acid groups (broad SMARTS) is 1. The molecule has 0 atom stereocenters. The Morgan fingerprint density at radius 2 is 1.92 bits per heavy atom. The van der Waals surface area contributed by atoms with Gasteiger partial charge in [-0.25, -0.2) is 9.48 Å². The molecular formula is C18H13ClN2O5. The van der Waals surface area contributed by atoms with E-state index in [0.29, 0.717) is 11.4 Å². The number of hydrogen-bond donors (Lipinski definition) is 2. The zero-order valence-corrected chi connectivity index (χ0v) is 14.3. The molecule has 0 bridgehead atoms. The topological polar surface area (TPSA) is 102 Å². The average molecular weight is 373 g/mol. The van der Waals surface area contributed by atoms with Gasteiger partial charge in [-0.2, -0.15) is 5.10 Å². The number of carbonyl (C=O) groups excluding carboxylic acids is 1. The Kier molecular flexibility index (Phi) is 4.64. The van der Waals surface area contributed by atoms with Gasteiger partial charge in [-0.3, -0.25) is 4.79 Å². The average Bonchev–Trinajstić information content (AvgIpc) is 3.12.